The van der Waals surface area contributed by atoms with E-state index in [1.807, 2.05) is 11.3 Å². The third-order valence-electron chi connectivity index (χ3n) is 5.58. The maximum atomic E-state index is 12.5. The average molecular weight is 335 g/mol. The van der Waals surface area contributed by atoms with Crippen LogP contribution in [-0.4, -0.2) is 30.4 Å². The number of carbonyl (C=O) groups is 1. The zero-order valence-electron chi connectivity index (χ0n) is 14.3. The van der Waals surface area contributed by atoms with E-state index in [0.717, 1.165) is 38.4 Å². The van der Waals surface area contributed by atoms with Crippen molar-refractivity contribution in [3.8, 4) is 0 Å². The molecule has 1 atom stereocenters. The first-order valence-electron chi connectivity index (χ1n) is 9.29. The Bertz CT molecular complexity index is 474. The molecule has 0 radical (unpaired) electrons. The van der Waals surface area contributed by atoms with Gasteiger partial charge in [-0.3, -0.25) is 9.69 Å². The largest absolute Gasteiger partial charge is 0.354 e. The van der Waals surface area contributed by atoms with Crippen molar-refractivity contribution >= 4 is 17.2 Å². The monoisotopic (exact) mass is 334 g/mol. The Morgan fingerprint density at radius 2 is 2.00 bits per heavy atom. The highest BCUT2D eigenvalue weighted by Crippen LogP contribution is 2.29. The summed E-state index contributed by atoms with van der Waals surface area (Å²) >= 11 is 1.82. The van der Waals surface area contributed by atoms with Gasteiger partial charge in [0.15, 0.2) is 0 Å². The van der Waals surface area contributed by atoms with Gasteiger partial charge in [-0.05, 0) is 56.1 Å². The normalized spacial score (nSPS) is 22.8. The molecule has 0 bridgehead atoms. The molecule has 1 unspecified atom stereocenters. The molecule has 0 spiro atoms. The van der Waals surface area contributed by atoms with Gasteiger partial charge in [0.25, 0.3) is 0 Å². The molecule has 1 N–H and O–H groups in total. The lowest BCUT2D eigenvalue weighted by Crippen LogP contribution is -2.43. The highest BCUT2D eigenvalue weighted by atomic mass is 32.1. The number of amides is 1. The van der Waals surface area contributed by atoms with Crippen LogP contribution in [0, 0.1) is 11.8 Å². The second-order valence-corrected chi connectivity index (χ2v) is 8.31. The van der Waals surface area contributed by atoms with E-state index in [-0.39, 0.29) is 11.8 Å². The fourth-order valence-electron chi connectivity index (χ4n) is 3.94. The van der Waals surface area contributed by atoms with E-state index in [0.29, 0.717) is 6.04 Å². The molecule has 128 valence electrons. The van der Waals surface area contributed by atoms with Crippen molar-refractivity contribution in [2.75, 3.05) is 19.6 Å². The van der Waals surface area contributed by atoms with Gasteiger partial charge >= 0.3 is 0 Å². The Labute approximate surface area is 144 Å². The minimum Gasteiger partial charge on any atom is -0.354 e. The summed E-state index contributed by atoms with van der Waals surface area (Å²) in [5, 5.41) is 5.43. The fraction of sp³-hybridized carbons (Fsp3) is 0.737. The maximum Gasteiger partial charge on any atom is 0.223 e. The Morgan fingerprint density at radius 1 is 1.26 bits per heavy atom. The van der Waals surface area contributed by atoms with Crippen LogP contribution in [0.3, 0.4) is 0 Å². The van der Waals surface area contributed by atoms with Gasteiger partial charge in [-0.15, -0.1) is 11.3 Å². The molecule has 1 aliphatic carbocycles. The topological polar surface area (TPSA) is 32.3 Å². The van der Waals surface area contributed by atoms with Crippen LogP contribution in [0.4, 0.5) is 0 Å². The first kappa shape index (κ1) is 17.0. The summed E-state index contributed by atoms with van der Waals surface area (Å²) in [4.78, 5) is 16.4. The van der Waals surface area contributed by atoms with Gasteiger partial charge in [-0.2, -0.15) is 0 Å². The number of thiophene rings is 1. The van der Waals surface area contributed by atoms with Crippen LogP contribution in [0.15, 0.2) is 17.5 Å². The van der Waals surface area contributed by atoms with Crippen LogP contribution in [0.1, 0.15) is 62.8 Å². The highest BCUT2D eigenvalue weighted by Gasteiger charge is 2.27. The summed E-state index contributed by atoms with van der Waals surface area (Å²) in [6, 6.07) is 4.71. The fourth-order valence-corrected chi connectivity index (χ4v) is 4.80. The quantitative estimate of drug-likeness (QED) is 0.874. The Balaban J connectivity index is 1.59. The van der Waals surface area contributed by atoms with Crippen molar-refractivity contribution in [1.29, 1.82) is 0 Å². The minimum atomic E-state index is 0.258. The predicted octanol–water partition coefficient (Wildman–Crippen LogP) is 4.22. The number of likely N-dealkylation sites (tertiary alicyclic amines) is 1. The Morgan fingerprint density at radius 3 is 2.65 bits per heavy atom. The third-order valence-corrected chi connectivity index (χ3v) is 6.55. The number of hydrogen-bond donors (Lipinski definition) is 1. The van der Waals surface area contributed by atoms with E-state index in [9.17, 15) is 4.79 Å². The second kappa shape index (κ2) is 8.29. The van der Waals surface area contributed by atoms with E-state index < -0.39 is 0 Å². The van der Waals surface area contributed by atoms with Crippen LogP contribution >= 0.6 is 11.3 Å². The lowest BCUT2D eigenvalue weighted by Gasteiger charge is -2.36. The van der Waals surface area contributed by atoms with Crippen molar-refractivity contribution < 1.29 is 4.79 Å². The number of hydrogen-bond acceptors (Lipinski definition) is 3. The summed E-state index contributed by atoms with van der Waals surface area (Å²) in [6.07, 6.45) is 8.45. The molecular weight excluding hydrogens is 304 g/mol. The van der Waals surface area contributed by atoms with Crippen molar-refractivity contribution in [3.05, 3.63) is 22.4 Å². The van der Waals surface area contributed by atoms with Gasteiger partial charge in [0.2, 0.25) is 5.91 Å². The first-order chi connectivity index (χ1) is 11.2. The molecule has 1 saturated heterocycles. The van der Waals surface area contributed by atoms with Crippen LogP contribution in [0.2, 0.25) is 0 Å². The molecule has 1 aromatic heterocycles. The zero-order valence-corrected chi connectivity index (χ0v) is 15.1. The smallest absolute Gasteiger partial charge is 0.223 e. The summed E-state index contributed by atoms with van der Waals surface area (Å²) in [5.74, 6) is 1.39. The molecule has 23 heavy (non-hydrogen) atoms. The Hall–Kier alpha value is -0.870. The molecule has 1 aliphatic heterocycles. The summed E-state index contributed by atoms with van der Waals surface area (Å²) < 4.78 is 0. The number of carbonyl (C=O) groups excluding carboxylic acids is 1. The molecule has 3 rings (SSSR count). The number of rotatable bonds is 5. The minimum absolute atomic E-state index is 0.258. The summed E-state index contributed by atoms with van der Waals surface area (Å²) in [7, 11) is 0. The molecule has 4 heteroatoms. The van der Waals surface area contributed by atoms with Crippen LogP contribution < -0.4 is 5.32 Å². The number of nitrogens with zero attached hydrogens (tertiary/aromatic N) is 1. The van der Waals surface area contributed by atoms with Crippen molar-refractivity contribution in [2.24, 2.45) is 11.8 Å². The van der Waals surface area contributed by atoms with Crippen LogP contribution in [0.5, 0.6) is 0 Å². The maximum absolute atomic E-state index is 12.5. The van der Waals surface area contributed by atoms with Crippen molar-refractivity contribution in [1.82, 2.24) is 10.2 Å². The molecule has 2 heterocycles. The van der Waals surface area contributed by atoms with Crippen LogP contribution in [0.25, 0.3) is 0 Å². The van der Waals surface area contributed by atoms with E-state index in [1.165, 1.54) is 37.0 Å². The van der Waals surface area contributed by atoms with Gasteiger partial charge in [-0.25, -0.2) is 0 Å². The summed E-state index contributed by atoms with van der Waals surface area (Å²) in [6.45, 7) is 5.43. The molecule has 1 aromatic rings. The van der Waals surface area contributed by atoms with Crippen molar-refractivity contribution in [3.63, 3.8) is 0 Å². The van der Waals surface area contributed by atoms with Crippen molar-refractivity contribution in [2.45, 2.75) is 57.9 Å². The Kier molecular flexibility index (Phi) is 6.12. The first-order valence-corrected chi connectivity index (χ1v) is 10.2. The van der Waals surface area contributed by atoms with Gasteiger partial charge < -0.3 is 5.32 Å². The lowest BCUT2D eigenvalue weighted by atomic mass is 9.88. The average Bonchev–Trinajstić information content (AvgIpc) is 3.11. The van der Waals surface area contributed by atoms with E-state index >= 15 is 0 Å². The standard InChI is InChI=1S/C19H30N2OS/c1-15-9-11-21(12-10-15)17(18-8-5-13-23-18)14-20-19(22)16-6-3-2-4-7-16/h5,8,13,15-17H,2-4,6-7,9-12,14H2,1H3,(H,20,22). The van der Waals surface area contributed by atoms with Gasteiger partial charge in [-0.1, -0.05) is 32.3 Å². The van der Waals surface area contributed by atoms with E-state index in [4.69, 9.17) is 0 Å². The summed E-state index contributed by atoms with van der Waals surface area (Å²) in [5.41, 5.74) is 0. The predicted molar refractivity (Wildman–Crippen MR) is 96.6 cm³/mol. The van der Waals surface area contributed by atoms with Gasteiger partial charge in [0.05, 0.1) is 6.04 Å². The van der Waals surface area contributed by atoms with Gasteiger partial charge in [0.1, 0.15) is 0 Å². The van der Waals surface area contributed by atoms with Gasteiger partial charge in [0, 0.05) is 17.3 Å². The number of piperidine rings is 1. The second-order valence-electron chi connectivity index (χ2n) is 7.33. The van der Waals surface area contributed by atoms with Crippen LogP contribution in [-0.2, 0) is 4.79 Å². The molecule has 2 aliphatic rings. The van der Waals surface area contributed by atoms with E-state index in [2.05, 4.69) is 34.7 Å². The number of nitrogens with one attached hydrogen (secondary N) is 1. The molecule has 2 fully saturated rings. The molecular formula is C19H30N2OS. The third kappa shape index (κ3) is 4.57. The molecule has 1 saturated carbocycles. The molecule has 0 aromatic carbocycles. The van der Waals surface area contributed by atoms with E-state index in [1.54, 1.807) is 0 Å². The lowest BCUT2D eigenvalue weighted by molar-refractivity contribution is -0.126. The molecule has 3 nitrogen and oxygen atoms in total. The zero-order chi connectivity index (χ0) is 16.1. The molecule has 1 amide bonds. The SMILES string of the molecule is CC1CCN(C(CNC(=O)C2CCCCC2)c2cccs2)CC1. The highest BCUT2D eigenvalue weighted by molar-refractivity contribution is 7.10.